The van der Waals surface area contributed by atoms with Gasteiger partial charge in [-0.1, -0.05) is 91.0 Å². The molecule has 0 atom stereocenters. The summed E-state index contributed by atoms with van der Waals surface area (Å²) in [6, 6.07) is 26.6. The van der Waals surface area contributed by atoms with Crippen molar-refractivity contribution in [2.75, 3.05) is 0 Å². The predicted octanol–water partition coefficient (Wildman–Crippen LogP) is 3.62. The topological polar surface area (TPSA) is 112 Å². The van der Waals surface area contributed by atoms with E-state index in [0.717, 1.165) is 14.7 Å². The van der Waals surface area contributed by atoms with Crippen LogP contribution in [0.4, 0.5) is 0 Å². The van der Waals surface area contributed by atoms with Crippen molar-refractivity contribution >= 4 is 35.4 Å². The number of rotatable bonds is 8. The Balaban J connectivity index is 1.45. The fraction of sp³-hybridized carbons (Fsp3) is 0.143. The first kappa shape index (κ1) is 28.4. The van der Waals surface area contributed by atoms with Gasteiger partial charge in [0.1, 0.15) is 0 Å². The van der Waals surface area contributed by atoms with E-state index in [1.165, 1.54) is 13.8 Å². The highest BCUT2D eigenvalue weighted by molar-refractivity contribution is 6.35. The zero-order chi connectivity index (χ0) is 31.1. The molecule has 0 radical (unpaired) electrons. The molecule has 6 amide bonds. The Bertz CT molecular complexity index is 1740. The lowest BCUT2D eigenvalue weighted by molar-refractivity contribution is -0.141. The molecule has 0 fully saturated rings. The molecule has 0 unspecified atom stereocenters. The Kier molecular flexibility index (Phi) is 7.22. The molecule has 6 rings (SSSR count). The molecule has 0 saturated carbocycles. The molecule has 3 heterocycles. The summed E-state index contributed by atoms with van der Waals surface area (Å²) in [5.41, 5.74) is 0.852. The maximum atomic E-state index is 14.1. The van der Waals surface area contributed by atoms with Crippen LogP contribution in [0, 0.1) is 0 Å². The van der Waals surface area contributed by atoms with Gasteiger partial charge in [0.05, 0.1) is 41.9 Å². The lowest BCUT2D eigenvalue weighted by Gasteiger charge is -2.16. The molecule has 3 aliphatic rings. The summed E-state index contributed by atoms with van der Waals surface area (Å²) < 4.78 is 0. The number of carbonyl (C=O) groups is 6. The van der Waals surface area contributed by atoms with E-state index in [4.69, 9.17) is 0 Å². The van der Waals surface area contributed by atoms with Crippen LogP contribution in [-0.2, 0) is 48.4 Å². The van der Waals surface area contributed by atoms with Crippen molar-refractivity contribution in [3.63, 3.8) is 0 Å². The third kappa shape index (κ3) is 4.68. The van der Waals surface area contributed by atoms with E-state index in [-0.39, 0.29) is 53.1 Å². The molecule has 9 heteroatoms. The van der Waals surface area contributed by atoms with Crippen molar-refractivity contribution < 1.29 is 28.8 Å². The minimum atomic E-state index is -0.812. The fourth-order valence-electron chi connectivity index (χ4n) is 5.75. The lowest BCUT2D eigenvalue weighted by Crippen LogP contribution is -2.33. The average molecular weight is 586 g/mol. The summed E-state index contributed by atoms with van der Waals surface area (Å²) >= 11 is 0. The van der Waals surface area contributed by atoms with Crippen LogP contribution < -0.4 is 0 Å². The number of hydrogen-bond acceptors (Lipinski definition) is 6. The smallest absolute Gasteiger partial charge is 0.262 e. The van der Waals surface area contributed by atoms with Gasteiger partial charge >= 0.3 is 0 Å². The minimum Gasteiger partial charge on any atom is -0.270 e. The maximum Gasteiger partial charge on any atom is 0.262 e. The van der Waals surface area contributed by atoms with Gasteiger partial charge in [0.25, 0.3) is 35.4 Å². The molecule has 3 aromatic rings. The van der Waals surface area contributed by atoms with Gasteiger partial charge in [-0.15, -0.1) is 0 Å². The van der Waals surface area contributed by atoms with Gasteiger partial charge in [-0.25, -0.2) is 0 Å². The highest BCUT2D eigenvalue weighted by Gasteiger charge is 2.51. The normalized spacial score (nSPS) is 17.5. The molecule has 0 saturated heterocycles. The zero-order valence-corrected chi connectivity index (χ0v) is 24.1. The first-order valence-electron chi connectivity index (χ1n) is 14.1. The second-order valence-electron chi connectivity index (χ2n) is 10.8. The Morgan fingerprint density at radius 2 is 0.614 bits per heavy atom. The Morgan fingerprint density at radius 1 is 0.364 bits per heavy atom. The molecule has 44 heavy (non-hydrogen) atoms. The quantitative estimate of drug-likeness (QED) is 0.374. The van der Waals surface area contributed by atoms with E-state index in [9.17, 15) is 28.8 Å². The second kappa shape index (κ2) is 11.2. The maximum absolute atomic E-state index is 14.1. The SMILES string of the molecule is CC1=C(C2=C(C3=C(C)C(=O)N(Cc4ccccc4)C3=O)C(=O)N(Cc3ccccc3)C2=O)C(=O)N(Cc2ccccc2)C1=O. The van der Waals surface area contributed by atoms with E-state index >= 15 is 0 Å². The fourth-order valence-corrected chi connectivity index (χ4v) is 5.75. The van der Waals surface area contributed by atoms with Crippen LogP contribution in [-0.4, -0.2) is 50.1 Å². The first-order chi connectivity index (χ1) is 21.2. The third-order valence-corrected chi connectivity index (χ3v) is 8.02. The summed E-state index contributed by atoms with van der Waals surface area (Å²) in [6.45, 7) is 2.64. The van der Waals surface area contributed by atoms with Gasteiger partial charge in [0.2, 0.25) is 0 Å². The van der Waals surface area contributed by atoms with E-state index in [1.807, 2.05) is 12.1 Å². The number of carbonyl (C=O) groups excluding carboxylic acids is 6. The van der Waals surface area contributed by atoms with Crippen LogP contribution in [0.3, 0.4) is 0 Å². The van der Waals surface area contributed by atoms with E-state index < -0.39 is 35.4 Å². The third-order valence-electron chi connectivity index (χ3n) is 8.02. The van der Waals surface area contributed by atoms with Crippen LogP contribution in [0.5, 0.6) is 0 Å². The minimum absolute atomic E-state index is 0.0164. The molecular weight excluding hydrogens is 558 g/mol. The van der Waals surface area contributed by atoms with Crippen LogP contribution in [0.15, 0.2) is 124 Å². The van der Waals surface area contributed by atoms with Gasteiger partial charge in [-0.2, -0.15) is 0 Å². The molecule has 3 aliphatic heterocycles. The van der Waals surface area contributed by atoms with Crippen molar-refractivity contribution in [3.8, 4) is 0 Å². The first-order valence-corrected chi connectivity index (χ1v) is 14.1. The lowest BCUT2D eigenvalue weighted by atomic mass is 9.92. The number of benzene rings is 3. The summed E-state index contributed by atoms with van der Waals surface area (Å²) in [5, 5.41) is 0. The zero-order valence-electron chi connectivity index (χ0n) is 24.1. The van der Waals surface area contributed by atoms with Crippen molar-refractivity contribution in [3.05, 3.63) is 141 Å². The number of amides is 6. The average Bonchev–Trinajstić information content (AvgIpc) is 3.48. The van der Waals surface area contributed by atoms with Crippen molar-refractivity contribution in [2.45, 2.75) is 33.5 Å². The molecule has 0 bridgehead atoms. The van der Waals surface area contributed by atoms with E-state index in [0.29, 0.717) is 16.7 Å². The van der Waals surface area contributed by atoms with Crippen molar-refractivity contribution in [1.29, 1.82) is 0 Å². The van der Waals surface area contributed by atoms with Crippen molar-refractivity contribution in [2.24, 2.45) is 0 Å². The Hall–Kier alpha value is -5.70. The van der Waals surface area contributed by atoms with Gasteiger partial charge < -0.3 is 0 Å². The molecular formula is C35H27N3O6. The molecule has 0 aliphatic carbocycles. The van der Waals surface area contributed by atoms with E-state index in [1.54, 1.807) is 78.9 Å². The summed E-state index contributed by atoms with van der Waals surface area (Å²) in [5.74, 6) is -4.33. The van der Waals surface area contributed by atoms with Crippen LogP contribution in [0.25, 0.3) is 0 Å². The molecule has 9 nitrogen and oxygen atoms in total. The Morgan fingerprint density at radius 3 is 0.909 bits per heavy atom. The van der Waals surface area contributed by atoms with Crippen LogP contribution in [0.1, 0.15) is 30.5 Å². The van der Waals surface area contributed by atoms with Gasteiger partial charge in [0, 0.05) is 11.1 Å². The molecule has 0 aromatic heterocycles. The summed E-state index contributed by atoms with van der Waals surface area (Å²) in [4.78, 5) is 85.7. The van der Waals surface area contributed by atoms with Gasteiger partial charge in [-0.05, 0) is 30.5 Å². The Labute approximate surface area is 253 Å². The molecule has 218 valence electrons. The molecule has 0 N–H and O–H groups in total. The predicted molar refractivity (Wildman–Crippen MR) is 158 cm³/mol. The second-order valence-corrected chi connectivity index (χ2v) is 10.8. The highest BCUT2D eigenvalue weighted by atomic mass is 16.2. The molecule has 0 spiro atoms. The standard InChI is InChI=1S/C35H27N3O6/c1-21-26(32(41)36(30(21)39)18-23-12-6-3-7-13-23)28-29(35(44)38(34(28)43)20-25-16-10-5-11-17-25)27-22(2)31(40)37(33(27)42)19-24-14-8-4-9-15-24/h3-17H,18-20H2,1-2H3. The highest BCUT2D eigenvalue weighted by Crippen LogP contribution is 2.41. The monoisotopic (exact) mass is 585 g/mol. The van der Waals surface area contributed by atoms with Gasteiger partial charge in [-0.3, -0.25) is 43.5 Å². The summed E-state index contributed by atoms with van der Waals surface area (Å²) in [7, 11) is 0. The number of nitrogens with zero attached hydrogens (tertiary/aromatic N) is 3. The number of hydrogen-bond donors (Lipinski definition) is 0. The number of imide groups is 3. The van der Waals surface area contributed by atoms with Crippen LogP contribution in [0.2, 0.25) is 0 Å². The van der Waals surface area contributed by atoms with Crippen molar-refractivity contribution in [1.82, 2.24) is 14.7 Å². The van der Waals surface area contributed by atoms with Crippen LogP contribution >= 0.6 is 0 Å². The van der Waals surface area contributed by atoms with E-state index in [2.05, 4.69) is 0 Å². The molecule has 3 aromatic carbocycles. The van der Waals surface area contributed by atoms with Gasteiger partial charge in [0.15, 0.2) is 0 Å². The largest absolute Gasteiger partial charge is 0.270 e. The summed E-state index contributed by atoms with van der Waals surface area (Å²) in [6.07, 6.45) is 0.